The van der Waals surface area contributed by atoms with Crippen LogP contribution >= 0.6 is 0 Å². The van der Waals surface area contributed by atoms with E-state index in [9.17, 15) is 13.2 Å². The Kier molecular flexibility index (Phi) is 6.68. The molecule has 1 amide bonds. The summed E-state index contributed by atoms with van der Waals surface area (Å²) < 4.78 is 34.2. The van der Waals surface area contributed by atoms with Crippen molar-refractivity contribution >= 4 is 15.7 Å². The van der Waals surface area contributed by atoms with Gasteiger partial charge in [-0.15, -0.1) is 0 Å². The predicted octanol–water partition coefficient (Wildman–Crippen LogP) is 3.00. The van der Waals surface area contributed by atoms with Crippen LogP contribution in [0.5, 0.6) is 11.5 Å². The van der Waals surface area contributed by atoms with Gasteiger partial charge in [0, 0.05) is 30.8 Å². The molecular weight excluding hydrogens is 404 g/mol. The van der Waals surface area contributed by atoms with Gasteiger partial charge in [-0.2, -0.15) is 0 Å². The van der Waals surface area contributed by atoms with Crippen LogP contribution < -0.4 is 14.8 Å². The predicted molar refractivity (Wildman–Crippen MR) is 112 cm³/mol. The summed E-state index contributed by atoms with van der Waals surface area (Å²) in [6.07, 6.45) is 4.53. The fraction of sp³-hybridized carbons (Fsp3) is 0.182. The second-order valence-corrected chi connectivity index (χ2v) is 8.62. The highest BCUT2D eigenvalue weighted by Crippen LogP contribution is 2.28. The molecule has 30 heavy (non-hydrogen) atoms. The van der Waals surface area contributed by atoms with Gasteiger partial charge in [-0.3, -0.25) is 9.78 Å². The molecule has 156 valence electrons. The summed E-state index contributed by atoms with van der Waals surface area (Å²) in [6, 6.07) is 15.0. The van der Waals surface area contributed by atoms with E-state index in [0.717, 1.165) is 17.4 Å². The minimum atomic E-state index is -3.30. The number of hydrogen-bond donors (Lipinski definition) is 1. The van der Waals surface area contributed by atoms with Gasteiger partial charge in [0.25, 0.3) is 5.91 Å². The summed E-state index contributed by atoms with van der Waals surface area (Å²) in [5.41, 5.74) is 2.21. The van der Waals surface area contributed by atoms with E-state index >= 15 is 0 Å². The average molecular weight is 426 g/mol. The van der Waals surface area contributed by atoms with Crippen LogP contribution in [0, 0.1) is 0 Å². The molecule has 0 aliphatic carbocycles. The van der Waals surface area contributed by atoms with E-state index in [1.54, 1.807) is 31.6 Å². The first-order valence-electron chi connectivity index (χ1n) is 9.14. The summed E-state index contributed by atoms with van der Waals surface area (Å²) in [4.78, 5) is 16.5. The van der Waals surface area contributed by atoms with Gasteiger partial charge in [0.1, 0.15) is 6.61 Å². The SMILES string of the molecule is COc1cc(CNC(=O)c2ccc(S(C)(=O)=O)cc2)ccc1OCc1ccncc1. The Bertz CT molecular complexity index is 1110. The molecule has 0 radical (unpaired) electrons. The van der Waals surface area contributed by atoms with Gasteiger partial charge in [-0.05, 0) is 59.7 Å². The third-order valence-electron chi connectivity index (χ3n) is 4.37. The number of rotatable bonds is 8. The molecule has 0 aliphatic heterocycles. The summed E-state index contributed by atoms with van der Waals surface area (Å²) in [5.74, 6) is 0.862. The number of nitrogens with zero attached hydrogens (tertiary/aromatic N) is 1. The van der Waals surface area contributed by atoms with Crippen molar-refractivity contribution in [1.82, 2.24) is 10.3 Å². The molecule has 2 aromatic carbocycles. The number of pyridine rings is 1. The van der Waals surface area contributed by atoms with Crippen LogP contribution in [0.1, 0.15) is 21.5 Å². The first kappa shape index (κ1) is 21.3. The number of carbonyl (C=O) groups excluding carboxylic acids is 1. The van der Waals surface area contributed by atoms with Gasteiger partial charge >= 0.3 is 0 Å². The molecule has 1 heterocycles. The molecule has 0 spiro atoms. The Hall–Kier alpha value is -3.39. The molecule has 3 aromatic rings. The molecule has 0 unspecified atom stereocenters. The monoisotopic (exact) mass is 426 g/mol. The largest absolute Gasteiger partial charge is 0.493 e. The van der Waals surface area contributed by atoms with E-state index < -0.39 is 9.84 Å². The average Bonchev–Trinajstić information content (AvgIpc) is 2.76. The number of benzene rings is 2. The van der Waals surface area contributed by atoms with Gasteiger partial charge in [0.05, 0.1) is 12.0 Å². The van der Waals surface area contributed by atoms with E-state index in [2.05, 4.69) is 10.3 Å². The van der Waals surface area contributed by atoms with Crippen molar-refractivity contribution in [3.05, 3.63) is 83.7 Å². The van der Waals surface area contributed by atoms with E-state index in [1.807, 2.05) is 18.2 Å². The lowest BCUT2D eigenvalue weighted by Crippen LogP contribution is -2.22. The number of methoxy groups -OCH3 is 1. The minimum absolute atomic E-state index is 0.172. The van der Waals surface area contributed by atoms with E-state index in [0.29, 0.717) is 23.7 Å². The number of amides is 1. The van der Waals surface area contributed by atoms with Crippen LogP contribution in [0.2, 0.25) is 0 Å². The molecule has 1 aromatic heterocycles. The fourth-order valence-corrected chi connectivity index (χ4v) is 3.35. The number of carbonyl (C=O) groups is 1. The zero-order valence-corrected chi connectivity index (χ0v) is 17.5. The fourth-order valence-electron chi connectivity index (χ4n) is 2.72. The van der Waals surface area contributed by atoms with Crippen molar-refractivity contribution in [3.63, 3.8) is 0 Å². The molecule has 1 N–H and O–H groups in total. The Morgan fingerprint density at radius 3 is 2.30 bits per heavy atom. The van der Waals surface area contributed by atoms with E-state index in [-0.39, 0.29) is 17.3 Å². The minimum Gasteiger partial charge on any atom is -0.493 e. The molecule has 0 atom stereocenters. The van der Waals surface area contributed by atoms with Crippen molar-refractivity contribution in [1.29, 1.82) is 0 Å². The second kappa shape index (κ2) is 9.41. The number of hydrogen-bond acceptors (Lipinski definition) is 6. The summed E-state index contributed by atoms with van der Waals surface area (Å²) in [6.45, 7) is 0.673. The molecular formula is C22H22N2O5S. The van der Waals surface area contributed by atoms with E-state index in [1.165, 1.54) is 24.3 Å². The molecule has 0 saturated heterocycles. The Labute approximate surface area is 175 Å². The Morgan fingerprint density at radius 2 is 1.67 bits per heavy atom. The van der Waals surface area contributed by atoms with Crippen LogP contribution in [-0.4, -0.2) is 32.7 Å². The van der Waals surface area contributed by atoms with Crippen molar-refractivity contribution in [3.8, 4) is 11.5 Å². The number of nitrogens with one attached hydrogen (secondary N) is 1. The smallest absolute Gasteiger partial charge is 0.251 e. The molecule has 8 heteroatoms. The van der Waals surface area contributed by atoms with Crippen LogP contribution in [-0.2, 0) is 23.0 Å². The third-order valence-corrected chi connectivity index (χ3v) is 5.50. The zero-order valence-electron chi connectivity index (χ0n) is 16.7. The van der Waals surface area contributed by atoms with Crippen molar-refractivity contribution in [2.75, 3.05) is 13.4 Å². The maximum atomic E-state index is 12.3. The number of aromatic nitrogens is 1. The topological polar surface area (TPSA) is 94.6 Å². The molecule has 0 bridgehead atoms. The van der Waals surface area contributed by atoms with Crippen LogP contribution in [0.4, 0.5) is 0 Å². The van der Waals surface area contributed by atoms with Gasteiger partial charge in [0.15, 0.2) is 21.3 Å². The van der Waals surface area contributed by atoms with Gasteiger partial charge in [-0.25, -0.2) is 8.42 Å². The lowest BCUT2D eigenvalue weighted by molar-refractivity contribution is 0.0950. The van der Waals surface area contributed by atoms with Gasteiger partial charge in [-0.1, -0.05) is 6.07 Å². The lowest BCUT2D eigenvalue weighted by atomic mass is 10.1. The molecule has 7 nitrogen and oxygen atoms in total. The molecule has 0 fully saturated rings. The molecule has 3 rings (SSSR count). The first-order chi connectivity index (χ1) is 14.4. The quantitative estimate of drug-likeness (QED) is 0.595. The van der Waals surface area contributed by atoms with Crippen molar-refractivity contribution in [2.24, 2.45) is 0 Å². The normalized spacial score (nSPS) is 11.0. The standard InChI is InChI=1S/C22H22N2O5S/c1-28-21-13-17(3-8-20(21)29-15-16-9-11-23-12-10-16)14-24-22(25)18-4-6-19(7-5-18)30(2,26)27/h3-13H,14-15H2,1-2H3,(H,24,25). The second-order valence-electron chi connectivity index (χ2n) is 6.61. The Balaban J connectivity index is 1.61. The number of sulfone groups is 1. The van der Waals surface area contributed by atoms with Gasteiger partial charge in [0.2, 0.25) is 0 Å². The summed E-state index contributed by atoms with van der Waals surface area (Å²) in [5, 5.41) is 2.81. The third kappa shape index (κ3) is 5.57. The number of ether oxygens (including phenoxy) is 2. The van der Waals surface area contributed by atoms with Gasteiger partial charge < -0.3 is 14.8 Å². The summed E-state index contributed by atoms with van der Waals surface area (Å²) in [7, 11) is -1.74. The first-order valence-corrected chi connectivity index (χ1v) is 11.0. The zero-order chi connectivity index (χ0) is 21.6. The maximum absolute atomic E-state index is 12.3. The van der Waals surface area contributed by atoms with Crippen molar-refractivity contribution < 1.29 is 22.7 Å². The summed E-state index contributed by atoms with van der Waals surface area (Å²) >= 11 is 0. The molecule has 0 aliphatic rings. The van der Waals surface area contributed by atoms with E-state index in [4.69, 9.17) is 9.47 Å². The van der Waals surface area contributed by atoms with Crippen LogP contribution in [0.25, 0.3) is 0 Å². The highest BCUT2D eigenvalue weighted by atomic mass is 32.2. The highest BCUT2D eigenvalue weighted by Gasteiger charge is 2.11. The van der Waals surface area contributed by atoms with Crippen LogP contribution in [0.3, 0.4) is 0 Å². The molecule has 0 saturated carbocycles. The lowest BCUT2D eigenvalue weighted by Gasteiger charge is -2.13. The highest BCUT2D eigenvalue weighted by molar-refractivity contribution is 7.90. The maximum Gasteiger partial charge on any atom is 0.251 e. The van der Waals surface area contributed by atoms with Crippen molar-refractivity contribution in [2.45, 2.75) is 18.0 Å². The Morgan fingerprint density at radius 1 is 0.967 bits per heavy atom. The van der Waals surface area contributed by atoms with Crippen LogP contribution in [0.15, 0.2) is 71.9 Å².